The number of nitrogens with one attached hydrogen (secondary N) is 4. The van der Waals surface area contributed by atoms with Gasteiger partial charge in [-0.3, -0.25) is 24.0 Å². The lowest BCUT2D eigenvalue weighted by Gasteiger charge is -2.35. The Labute approximate surface area is 439 Å². The summed E-state index contributed by atoms with van der Waals surface area (Å²) in [5, 5.41) is 11.8. The van der Waals surface area contributed by atoms with Gasteiger partial charge in [0, 0.05) is 57.0 Å². The van der Waals surface area contributed by atoms with Crippen molar-refractivity contribution in [3.8, 4) is 0 Å². The molecule has 0 spiro atoms. The molecule has 0 bridgehead atoms. The van der Waals surface area contributed by atoms with Crippen LogP contribution in [0.25, 0.3) is 0 Å². The number of hydrogen-bond acceptors (Lipinski definition) is 12. The quantitative estimate of drug-likeness (QED) is 0.0674. The maximum absolute atomic E-state index is 14.4. The van der Waals surface area contributed by atoms with E-state index in [9.17, 15) is 38.4 Å². The molecule has 0 saturated heterocycles. The largest absolute Gasteiger partial charge is 0.456 e. The highest BCUT2D eigenvalue weighted by Gasteiger charge is 2.41. The molecule has 2 rings (SSSR count). The Kier molecular flexibility index (Phi) is 26.7. The van der Waals surface area contributed by atoms with Crippen LogP contribution in [0.5, 0.6) is 0 Å². The Morgan fingerprint density at radius 3 is 2.18 bits per heavy atom. The second-order valence-electron chi connectivity index (χ2n) is 20.5. The molecule has 8 atom stereocenters. The Morgan fingerprint density at radius 2 is 1.59 bits per heavy atom. The molecule has 4 N–H and O–H groups in total. The highest BCUT2D eigenvalue weighted by Crippen LogP contribution is 2.28. The summed E-state index contributed by atoms with van der Waals surface area (Å²) < 4.78 is 18.2. The third-order valence-electron chi connectivity index (χ3n) is 13.3. The number of likely N-dealkylation sites (N-methyl/N-ethyl adjacent to an activating group) is 2. The minimum atomic E-state index is -1.65. The lowest BCUT2D eigenvalue weighted by molar-refractivity contribution is -0.160. The summed E-state index contributed by atoms with van der Waals surface area (Å²) in [6.45, 7) is 19.3. The van der Waals surface area contributed by atoms with Crippen LogP contribution in [0.3, 0.4) is 0 Å². The Balaban J connectivity index is 2.75. The van der Waals surface area contributed by atoms with Gasteiger partial charge < -0.3 is 50.2 Å². The number of amides is 6. The molecule has 1 aliphatic heterocycles. The van der Waals surface area contributed by atoms with Crippen molar-refractivity contribution in [1.29, 1.82) is 0 Å². The fourth-order valence-corrected chi connectivity index (χ4v) is 8.25. The Bertz CT molecular complexity index is 2100. The minimum Gasteiger partial charge on any atom is -0.456 e. The average molecular weight is 1040 g/mol. The number of cyclic esters (lactones) is 2. The van der Waals surface area contributed by atoms with E-state index >= 15 is 0 Å². The SMILES string of the molecule is C/C=C(\C)[C@H]1OC(=O)C(C)(C)NC(=O)[C@H](C(C)CC)NC(=O)CN(C)C(=O)[C@@H](Cc2ccc(Cl)cc2)N(C)C(=O)[C@H](C)NC(=O)[C@@H](CC(C)C)OC(=O)/C(C)=C/C[C@H](OC(=O)N(C)CCCCCCNC)[C@@H]1C. The van der Waals surface area contributed by atoms with Gasteiger partial charge in [0.1, 0.15) is 35.9 Å². The molecule has 73 heavy (non-hydrogen) atoms. The zero-order valence-corrected chi connectivity index (χ0v) is 46.9. The van der Waals surface area contributed by atoms with Crippen molar-refractivity contribution in [3.05, 3.63) is 58.1 Å². The fourth-order valence-electron chi connectivity index (χ4n) is 8.12. The van der Waals surface area contributed by atoms with Gasteiger partial charge in [-0.2, -0.15) is 0 Å². The summed E-state index contributed by atoms with van der Waals surface area (Å²) in [5.74, 6) is -6.26. The molecule has 1 unspecified atom stereocenters. The molecule has 1 aliphatic rings. The number of benzene rings is 1. The van der Waals surface area contributed by atoms with Crippen LogP contribution in [0.4, 0.5) is 4.79 Å². The van der Waals surface area contributed by atoms with Crippen LogP contribution in [-0.4, -0.2) is 152 Å². The smallest absolute Gasteiger partial charge is 0.409 e. The highest BCUT2D eigenvalue weighted by atomic mass is 35.5. The van der Waals surface area contributed by atoms with Crippen LogP contribution in [0, 0.1) is 17.8 Å². The summed E-state index contributed by atoms with van der Waals surface area (Å²) in [5.41, 5.74) is -0.281. The molecule has 1 heterocycles. The van der Waals surface area contributed by atoms with Gasteiger partial charge in [-0.25, -0.2) is 14.4 Å². The Morgan fingerprint density at radius 1 is 0.959 bits per heavy atom. The zero-order valence-electron chi connectivity index (χ0n) is 46.1. The molecule has 0 radical (unpaired) electrons. The third kappa shape index (κ3) is 20.4. The van der Waals surface area contributed by atoms with Gasteiger partial charge in [-0.1, -0.05) is 89.8 Å². The van der Waals surface area contributed by atoms with Crippen molar-refractivity contribution in [2.45, 2.75) is 170 Å². The van der Waals surface area contributed by atoms with E-state index in [-0.39, 0.29) is 30.8 Å². The molecular formula is C54H86ClN7O11. The third-order valence-corrected chi connectivity index (χ3v) is 13.6. The molecule has 0 saturated carbocycles. The van der Waals surface area contributed by atoms with Crippen LogP contribution in [0.2, 0.25) is 5.02 Å². The molecule has 19 heteroatoms. The number of hydrogen-bond donors (Lipinski definition) is 4. The number of carbonyl (C=O) groups is 8. The lowest BCUT2D eigenvalue weighted by atomic mass is 9.90. The summed E-state index contributed by atoms with van der Waals surface area (Å²) >= 11 is 6.16. The normalized spacial score (nSPS) is 25.2. The number of esters is 2. The monoisotopic (exact) mass is 1040 g/mol. The molecule has 1 aromatic rings. The summed E-state index contributed by atoms with van der Waals surface area (Å²) in [4.78, 5) is 116. The van der Waals surface area contributed by atoms with E-state index in [0.29, 0.717) is 29.1 Å². The van der Waals surface area contributed by atoms with E-state index in [2.05, 4.69) is 21.3 Å². The van der Waals surface area contributed by atoms with Gasteiger partial charge >= 0.3 is 18.0 Å². The van der Waals surface area contributed by atoms with Gasteiger partial charge in [0.05, 0.1) is 6.54 Å². The molecule has 0 aliphatic carbocycles. The second kappa shape index (κ2) is 30.6. The topological polar surface area (TPSA) is 222 Å². The number of carbonyl (C=O) groups excluding carboxylic acids is 8. The average Bonchev–Trinajstić information content (AvgIpc) is 3.34. The first-order chi connectivity index (χ1) is 34.2. The Hall–Kier alpha value is -5.49. The maximum Gasteiger partial charge on any atom is 0.409 e. The van der Waals surface area contributed by atoms with Crippen molar-refractivity contribution >= 4 is 59.2 Å². The van der Waals surface area contributed by atoms with Crippen molar-refractivity contribution < 1.29 is 52.6 Å². The van der Waals surface area contributed by atoms with Gasteiger partial charge in [-0.15, -0.1) is 0 Å². The molecule has 6 amide bonds. The number of allylic oxidation sites excluding steroid dienone is 1. The van der Waals surface area contributed by atoms with E-state index in [1.54, 1.807) is 71.2 Å². The van der Waals surface area contributed by atoms with Crippen LogP contribution in [-0.2, 0) is 54.2 Å². The van der Waals surface area contributed by atoms with Gasteiger partial charge in [0.15, 0.2) is 6.10 Å². The molecule has 0 aromatic heterocycles. The summed E-state index contributed by atoms with van der Waals surface area (Å²) in [6.07, 6.45) is 3.58. The summed E-state index contributed by atoms with van der Waals surface area (Å²) in [6, 6.07) is 3.18. The molecule has 18 nitrogen and oxygen atoms in total. The number of unbranched alkanes of at least 4 members (excludes halogenated alkanes) is 3. The molecule has 1 aromatic carbocycles. The predicted molar refractivity (Wildman–Crippen MR) is 282 cm³/mol. The first-order valence-corrected chi connectivity index (χ1v) is 26.0. The first-order valence-electron chi connectivity index (χ1n) is 25.6. The molecular weight excluding hydrogens is 958 g/mol. The van der Waals surface area contributed by atoms with Crippen molar-refractivity contribution in [3.63, 3.8) is 0 Å². The van der Waals surface area contributed by atoms with Crippen molar-refractivity contribution in [1.82, 2.24) is 36.0 Å². The number of rotatable bonds is 15. The zero-order chi connectivity index (χ0) is 55.3. The fraction of sp³-hybridized carbons (Fsp3) is 0.667. The standard InChI is InChI=1S/C54H86ClN7O11/c1-16-34(5)45-48(65)59-54(10,11)52(69)73-46(35(6)17-2)37(8)42(72-53(70)60(13)29-21-19-18-20-28-56-12)27-22-36(7)51(68)71-43(30-33(3)4)47(64)57-38(9)49(66)62(15)41(31-39-23-25-40(55)26-24-39)50(67)61(14)32-44(63)58-45/h17,22-26,33-34,37-38,41-43,45-46,56H,16,18-21,27-32H2,1-15H3,(H,57,64)(H,58,63)(H,59,65)/b35-17+,36-22+/t34?,37-,38-,41+,42-,43+,45-,46+/m0/s1. The van der Waals surface area contributed by atoms with Crippen LogP contribution >= 0.6 is 11.6 Å². The second-order valence-corrected chi connectivity index (χ2v) is 20.9. The highest BCUT2D eigenvalue weighted by molar-refractivity contribution is 6.30. The van der Waals surface area contributed by atoms with Gasteiger partial charge in [0.25, 0.3) is 5.91 Å². The number of ether oxygens (including phenoxy) is 3. The first kappa shape index (κ1) is 63.6. The number of nitrogens with zero attached hydrogens (tertiary/aromatic N) is 3. The van der Waals surface area contributed by atoms with Crippen molar-refractivity contribution in [2.75, 3.05) is 47.8 Å². The summed E-state index contributed by atoms with van der Waals surface area (Å²) in [7, 11) is 6.36. The molecule has 410 valence electrons. The van der Waals surface area contributed by atoms with Crippen LogP contribution < -0.4 is 21.3 Å². The maximum atomic E-state index is 14.4. The van der Waals surface area contributed by atoms with Gasteiger partial charge in [0.2, 0.25) is 23.6 Å². The van der Waals surface area contributed by atoms with E-state index < -0.39 is 108 Å². The van der Waals surface area contributed by atoms with E-state index in [1.807, 2.05) is 27.8 Å². The predicted octanol–water partition coefficient (Wildman–Crippen LogP) is 6.14. The van der Waals surface area contributed by atoms with Gasteiger partial charge in [-0.05, 0) is 110 Å². The van der Waals surface area contributed by atoms with Crippen LogP contribution in [0.15, 0.2) is 47.6 Å². The molecule has 0 fully saturated rings. The number of halogens is 1. The lowest BCUT2D eigenvalue weighted by Crippen LogP contribution is -2.60. The van der Waals surface area contributed by atoms with Crippen molar-refractivity contribution in [2.24, 2.45) is 17.8 Å². The minimum absolute atomic E-state index is 0.00849. The van der Waals surface area contributed by atoms with Crippen LogP contribution in [0.1, 0.15) is 127 Å². The van der Waals surface area contributed by atoms with E-state index in [0.717, 1.165) is 37.1 Å². The van der Waals surface area contributed by atoms with E-state index in [4.69, 9.17) is 25.8 Å². The van der Waals surface area contributed by atoms with E-state index in [1.165, 1.54) is 51.6 Å².